The van der Waals surface area contributed by atoms with Crippen molar-refractivity contribution in [3.8, 4) is 0 Å². The number of hydrogen-bond donors (Lipinski definition) is 1. The highest BCUT2D eigenvalue weighted by Gasteiger charge is 2.01. The minimum atomic E-state index is -0.304. The number of halogens is 1. The van der Waals surface area contributed by atoms with Crippen LogP contribution in [0.4, 0.5) is 10.2 Å². The van der Waals surface area contributed by atoms with Gasteiger partial charge in [0.25, 0.3) is 0 Å². The first kappa shape index (κ1) is 7.98. The van der Waals surface area contributed by atoms with Crippen molar-refractivity contribution in [2.45, 2.75) is 19.9 Å². The minimum Gasteiger partial charge on any atom is -0.365 e. The highest BCUT2D eigenvalue weighted by molar-refractivity contribution is 5.35. The molecule has 0 aromatic carbocycles. The summed E-state index contributed by atoms with van der Waals surface area (Å²) < 4.78 is 12.8. The van der Waals surface area contributed by atoms with E-state index in [1.807, 2.05) is 13.8 Å². The van der Waals surface area contributed by atoms with E-state index in [1.54, 1.807) is 12.3 Å². The van der Waals surface area contributed by atoms with E-state index in [1.165, 1.54) is 6.07 Å². The third-order valence-electron chi connectivity index (χ3n) is 1.18. The second-order valence-electron chi connectivity index (χ2n) is 2.63. The van der Waals surface area contributed by atoms with Crippen molar-refractivity contribution in [3.63, 3.8) is 0 Å². The third kappa shape index (κ3) is 2.18. The summed E-state index contributed by atoms with van der Waals surface area (Å²) in [6.07, 6.45) is 1.56. The normalized spacial score (nSPS) is 10.2. The molecule has 0 saturated carbocycles. The van der Waals surface area contributed by atoms with Gasteiger partial charge >= 0.3 is 0 Å². The van der Waals surface area contributed by atoms with E-state index in [0.717, 1.165) is 0 Å². The van der Waals surface area contributed by atoms with Crippen molar-refractivity contribution >= 4 is 5.82 Å². The van der Waals surface area contributed by atoms with Gasteiger partial charge < -0.3 is 5.32 Å². The summed E-state index contributed by atoms with van der Waals surface area (Å²) in [6, 6.07) is 3.16. The lowest BCUT2D eigenvalue weighted by Gasteiger charge is -2.08. The molecule has 1 aromatic heterocycles. The second-order valence-corrected chi connectivity index (χ2v) is 2.63. The fourth-order valence-corrected chi connectivity index (χ4v) is 0.765. The number of hydrogen-bond acceptors (Lipinski definition) is 2. The van der Waals surface area contributed by atoms with Crippen molar-refractivity contribution < 1.29 is 4.39 Å². The molecule has 0 radical (unpaired) electrons. The van der Waals surface area contributed by atoms with Crippen LogP contribution >= 0.6 is 0 Å². The highest BCUT2D eigenvalue weighted by atomic mass is 19.1. The van der Waals surface area contributed by atoms with E-state index in [4.69, 9.17) is 0 Å². The average molecular weight is 154 g/mol. The molecule has 0 saturated heterocycles. The summed E-state index contributed by atoms with van der Waals surface area (Å²) in [7, 11) is 0. The molecule has 11 heavy (non-hydrogen) atoms. The monoisotopic (exact) mass is 154 g/mol. The van der Waals surface area contributed by atoms with Crippen LogP contribution in [0.25, 0.3) is 0 Å². The van der Waals surface area contributed by atoms with Crippen molar-refractivity contribution in [1.29, 1.82) is 0 Å². The van der Waals surface area contributed by atoms with E-state index in [-0.39, 0.29) is 11.9 Å². The molecule has 0 spiro atoms. The lowest BCUT2D eigenvalue weighted by Crippen LogP contribution is -2.12. The second kappa shape index (κ2) is 3.32. The van der Waals surface area contributed by atoms with E-state index >= 15 is 0 Å². The summed E-state index contributed by atoms with van der Waals surface area (Å²) in [5.74, 6) is 0.0173. The molecule has 0 aliphatic heterocycles. The zero-order valence-corrected chi connectivity index (χ0v) is 6.63. The molecule has 1 rings (SSSR count). The summed E-state index contributed by atoms with van der Waals surface area (Å²) in [5, 5.41) is 2.89. The average Bonchev–Trinajstić information content (AvgIpc) is 1.93. The first-order valence-corrected chi connectivity index (χ1v) is 3.57. The molecule has 2 nitrogen and oxygen atoms in total. The van der Waals surface area contributed by atoms with Gasteiger partial charge in [-0.05, 0) is 26.0 Å². The van der Waals surface area contributed by atoms with Gasteiger partial charge in [0.15, 0.2) is 11.6 Å². The Labute approximate surface area is 65.5 Å². The third-order valence-corrected chi connectivity index (χ3v) is 1.18. The molecule has 0 atom stereocenters. The van der Waals surface area contributed by atoms with Crippen LogP contribution in [0.2, 0.25) is 0 Å². The lowest BCUT2D eigenvalue weighted by molar-refractivity contribution is 0.621. The molecule has 0 unspecified atom stereocenters. The molecular formula is C8H11FN2. The number of rotatable bonds is 2. The fraction of sp³-hybridized carbons (Fsp3) is 0.375. The molecule has 1 N–H and O–H groups in total. The Balaban J connectivity index is 2.78. The van der Waals surface area contributed by atoms with Crippen LogP contribution in [-0.4, -0.2) is 11.0 Å². The molecular weight excluding hydrogens is 143 g/mol. The van der Waals surface area contributed by atoms with Crippen LogP contribution in [0, 0.1) is 5.82 Å². The molecule has 0 bridgehead atoms. The van der Waals surface area contributed by atoms with E-state index < -0.39 is 0 Å². The van der Waals surface area contributed by atoms with Crippen LogP contribution in [0.15, 0.2) is 18.3 Å². The minimum absolute atomic E-state index is 0.208. The van der Waals surface area contributed by atoms with Crippen LogP contribution in [0.1, 0.15) is 13.8 Å². The van der Waals surface area contributed by atoms with Crippen molar-refractivity contribution in [3.05, 3.63) is 24.1 Å². The van der Waals surface area contributed by atoms with Crippen molar-refractivity contribution in [2.75, 3.05) is 5.32 Å². The van der Waals surface area contributed by atoms with Gasteiger partial charge in [-0.15, -0.1) is 0 Å². The Morgan fingerprint density at radius 3 is 2.82 bits per heavy atom. The molecule has 1 aromatic rings. The largest absolute Gasteiger partial charge is 0.365 e. The van der Waals surface area contributed by atoms with Gasteiger partial charge in [-0.1, -0.05) is 0 Å². The zero-order valence-electron chi connectivity index (χ0n) is 6.63. The summed E-state index contributed by atoms with van der Waals surface area (Å²) in [6.45, 7) is 3.88. The molecule has 3 heteroatoms. The maximum absolute atomic E-state index is 12.8. The summed E-state index contributed by atoms with van der Waals surface area (Å²) in [5.41, 5.74) is 0. The van der Waals surface area contributed by atoms with Crippen molar-refractivity contribution in [1.82, 2.24) is 4.98 Å². The zero-order chi connectivity index (χ0) is 8.27. The molecule has 60 valence electrons. The van der Waals surface area contributed by atoms with Gasteiger partial charge in [-0.25, -0.2) is 9.37 Å². The van der Waals surface area contributed by atoms with E-state index in [0.29, 0.717) is 5.82 Å². The SMILES string of the molecule is CC(C)Nc1ncccc1F. The lowest BCUT2D eigenvalue weighted by atomic mass is 10.3. The molecule has 0 amide bonds. The van der Waals surface area contributed by atoms with Crippen LogP contribution in [0.3, 0.4) is 0 Å². The van der Waals surface area contributed by atoms with Crippen LogP contribution in [-0.2, 0) is 0 Å². The van der Waals surface area contributed by atoms with Gasteiger partial charge in [0.2, 0.25) is 0 Å². The number of aromatic nitrogens is 1. The quantitative estimate of drug-likeness (QED) is 0.705. The smallest absolute Gasteiger partial charge is 0.165 e. The molecule has 0 aliphatic rings. The first-order valence-electron chi connectivity index (χ1n) is 3.57. The highest BCUT2D eigenvalue weighted by Crippen LogP contribution is 2.08. The Morgan fingerprint density at radius 2 is 2.27 bits per heavy atom. The predicted molar refractivity (Wildman–Crippen MR) is 43.0 cm³/mol. The standard InChI is InChI=1S/C8H11FN2/c1-6(2)11-8-7(9)4-3-5-10-8/h3-6H,1-2H3,(H,10,11). The van der Waals surface area contributed by atoms with Crippen LogP contribution < -0.4 is 5.32 Å². The number of pyridine rings is 1. The first-order chi connectivity index (χ1) is 5.20. The topological polar surface area (TPSA) is 24.9 Å². The molecule has 0 fully saturated rings. The Hall–Kier alpha value is -1.12. The number of anilines is 1. The maximum Gasteiger partial charge on any atom is 0.165 e. The number of nitrogens with one attached hydrogen (secondary N) is 1. The summed E-state index contributed by atoms with van der Waals surface area (Å²) in [4.78, 5) is 3.83. The van der Waals surface area contributed by atoms with Gasteiger partial charge in [-0.2, -0.15) is 0 Å². The van der Waals surface area contributed by atoms with Gasteiger partial charge in [-0.3, -0.25) is 0 Å². The Morgan fingerprint density at radius 1 is 1.55 bits per heavy atom. The van der Waals surface area contributed by atoms with Gasteiger partial charge in [0.05, 0.1) is 0 Å². The fourth-order valence-electron chi connectivity index (χ4n) is 0.765. The van der Waals surface area contributed by atoms with Crippen LogP contribution in [0.5, 0.6) is 0 Å². The maximum atomic E-state index is 12.8. The van der Waals surface area contributed by atoms with E-state index in [2.05, 4.69) is 10.3 Å². The van der Waals surface area contributed by atoms with Crippen molar-refractivity contribution in [2.24, 2.45) is 0 Å². The number of nitrogens with zero attached hydrogens (tertiary/aromatic N) is 1. The Bertz CT molecular complexity index is 235. The van der Waals surface area contributed by atoms with E-state index in [9.17, 15) is 4.39 Å². The predicted octanol–water partition coefficient (Wildman–Crippen LogP) is 2.04. The molecule has 1 heterocycles. The summed E-state index contributed by atoms with van der Waals surface area (Å²) >= 11 is 0. The van der Waals surface area contributed by atoms with Gasteiger partial charge in [0, 0.05) is 12.2 Å². The molecule has 0 aliphatic carbocycles. The Kier molecular flexibility index (Phi) is 2.41. The van der Waals surface area contributed by atoms with Gasteiger partial charge in [0.1, 0.15) is 0 Å².